The summed E-state index contributed by atoms with van der Waals surface area (Å²) in [6.45, 7) is 0. The molecule has 1 aliphatic rings. The quantitative estimate of drug-likeness (QED) is 0.826. The third-order valence-electron chi connectivity index (χ3n) is 3.21. The molecule has 0 bridgehead atoms. The van der Waals surface area contributed by atoms with Crippen LogP contribution in [0.5, 0.6) is 0 Å². The Bertz CT molecular complexity index is 748. The first-order chi connectivity index (χ1) is 9.74. The molecule has 0 saturated carbocycles. The second-order valence-electron chi connectivity index (χ2n) is 4.33. The van der Waals surface area contributed by atoms with E-state index in [1.165, 1.54) is 10.9 Å². The second-order valence-corrected chi connectivity index (χ2v) is 4.33. The molecule has 1 aromatic heterocycles. The van der Waals surface area contributed by atoms with Crippen molar-refractivity contribution in [2.24, 2.45) is 5.92 Å². The van der Waals surface area contributed by atoms with Gasteiger partial charge < -0.3 is 5.32 Å². The van der Waals surface area contributed by atoms with Crippen LogP contribution in [0.4, 0.5) is 5.95 Å². The first-order valence-corrected chi connectivity index (χ1v) is 5.85. The Hall–Kier alpha value is -3.19. The summed E-state index contributed by atoms with van der Waals surface area (Å²) in [6.07, 6.45) is 1.28. The molecule has 0 radical (unpaired) electrons. The van der Waals surface area contributed by atoms with E-state index < -0.39 is 12.0 Å². The van der Waals surface area contributed by atoms with Gasteiger partial charge in [-0.05, 0) is 17.7 Å². The smallest absolute Gasteiger partial charge is 0.254 e. The van der Waals surface area contributed by atoms with Crippen LogP contribution >= 0.6 is 0 Å². The number of carbonyl (C=O) groups is 1. The summed E-state index contributed by atoms with van der Waals surface area (Å²) in [4.78, 5) is 12.2. The first-order valence-electron chi connectivity index (χ1n) is 5.85. The van der Waals surface area contributed by atoms with Crippen LogP contribution in [0.2, 0.25) is 0 Å². The van der Waals surface area contributed by atoms with E-state index in [0.29, 0.717) is 11.5 Å². The largest absolute Gasteiger partial charge is 0.345 e. The van der Waals surface area contributed by atoms with Crippen LogP contribution in [-0.2, 0) is 0 Å². The minimum atomic E-state index is -0.869. The van der Waals surface area contributed by atoms with Crippen LogP contribution in [0.1, 0.15) is 22.0 Å². The van der Waals surface area contributed by atoms with Crippen molar-refractivity contribution in [2.45, 2.75) is 6.04 Å². The average molecular weight is 264 g/mol. The Morgan fingerprint density at radius 1 is 1.25 bits per heavy atom. The Morgan fingerprint density at radius 3 is 2.65 bits per heavy atom. The van der Waals surface area contributed by atoms with Crippen molar-refractivity contribution in [3.63, 3.8) is 0 Å². The van der Waals surface area contributed by atoms with Crippen LogP contribution in [0.3, 0.4) is 0 Å². The van der Waals surface area contributed by atoms with Crippen molar-refractivity contribution in [3.8, 4) is 12.1 Å². The Morgan fingerprint density at radius 2 is 2.00 bits per heavy atom. The third-order valence-corrected chi connectivity index (χ3v) is 3.21. The molecule has 2 atom stereocenters. The highest BCUT2D eigenvalue weighted by atomic mass is 16.2. The molecule has 3 rings (SSSR count). The molecule has 7 heteroatoms. The van der Waals surface area contributed by atoms with Crippen LogP contribution in [0.25, 0.3) is 0 Å². The summed E-state index contributed by atoms with van der Waals surface area (Å²) < 4.78 is 1.23. The molecule has 1 aliphatic heterocycles. The van der Waals surface area contributed by atoms with E-state index in [1.54, 1.807) is 24.3 Å². The number of hydrogen-bond acceptors (Lipinski definition) is 6. The zero-order valence-electron chi connectivity index (χ0n) is 10.2. The van der Waals surface area contributed by atoms with E-state index in [2.05, 4.69) is 15.5 Å². The third kappa shape index (κ3) is 1.70. The monoisotopic (exact) mass is 264 g/mol. The molecular formula is C13H8N6O. The van der Waals surface area contributed by atoms with Crippen molar-refractivity contribution >= 4 is 11.9 Å². The molecule has 2 heterocycles. The molecule has 20 heavy (non-hydrogen) atoms. The van der Waals surface area contributed by atoms with Gasteiger partial charge in [0.15, 0.2) is 5.92 Å². The molecular weight excluding hydrogens is 256 g/mol. The topological polar surface area (TPSA) is 107 Å². The molecule has 2 aromatic rings. The maximum atomic E-state index is 12.2. The Balaban J connectivity index is 2.03. The zero-order chi connectivity index (χ0) is 14.1. The number of carbonyl (C=O) groups excluding carboxylic acids is 1. The fraction of sp³-hybridized carbons (Fsp3) is 0.154. The number of rotatable bonds is 1. The highest BCUT2D eigenvalue weighted by molar-refractivity contribution is 5.88. The van der Waals surface area contributed by atoms with Gasteiger partial charge in [0.05, 0.1) is 23.7 Å². The number of nitrogens with one attached hydrogen (secondary N) is 1. The summed E-state index contributed by atoms with van der Waals surface area (Å²) in [7, 11) is 0. The maximum Gasteiger partial charge on any atom is 0.254 e. The number of fused-ring (bicyclic) bond motifs is 1. The molecule has 96 valence electrons. The summed E-state index contributed by atoms with van der Waals surface area (Å²) in [5.41, 5.74) is 1.27. The van der Waals surface area contributed by atoms with Gasteiger partial charge >= 0.3 is 0 Å². The van der Waals surface area contributed by atoms with Gasteiger partial charge in [0.25, 0.3) is 5.91 Å². The van der Waals surface area contributed by atoms with Gasteiger partial charge in [0.2, 0.25) is 5.95 Å². The molecule has 0 saturated heterocycles. The normalized spacial score (nSPS) is 20.4. The van der Waals surface area contributed by atoms with Crippen LogP contribution < -0.4 is 5.32 Å². The number of hydrogen-bond donors (Lipinski definition) is 1. The summed E-state index contributed by atoms with van der Waals surface area (Å²) in [6, 6.07) is 10.3. The summed E-state index contributed by atoms with van der Waals surface area (Å²) in [5.74, 6) is -0.914. The van der Waals surface area contributed by atoms with Crippen LogP contribution in [0.15, 0.2) is 30.6 Å². The summed E-state index contributed by atoms with van der Waals surface area (Å²) in [5, 5.41) is 28.5. The number of nitriles is 2. The molecule has 0 fully saturated rings. The van der Waals surface area contributed by atoms with E-state index in [9.17, 15) is 10.1 Å². The molecule has 7 nitrogen and oxygen atoms in total. The summed E-state index contributed by atoms with van der Waals surface area (Å²) >= 11 is 0. The number of anilines is 1. The van der Waals surface area contributed by atoms with Gasteiger partial charge in [-0.3, -0.25) is 4.79 Å². The number of benzene rings is 1. The SMILES string of the molecule is N#Cc1ccc(C2Nc3nncn3C(=O)C2C#N)cc1. The lowest BCUT2D eigenvalue weighted by molar-refractivity contribution is 0.0843. The molecule has 1 aromatic carbocycles. The predicted octanol–water partition coefficient (Wildman–Crippen LogP) is 1.10. The van der Waals surface area contributed by atoms with Crippen LogP contribution in [0, 0.1) is 28.6 Å². The lowest BCUT2D eigenvalue weighted by Gasteiger charge is -2.27. The Kier molecular flexibility index (Phi) is 2.66. The van der Waals surface area contributed by atoms with Crippen molar-refractivity contribution < 1.29 is 4.79 Å². The molecule has 0 amide bonds. The minimum absolute atomic E-state index is 0.316. The molecule has 0 aliphatic carbocycles. The van der Waals surface area contributed by atoms with E-state index >= 15 is 0 Å². The Labute approximate surface area is 114 Å². The minimum Gasteiger partial charge on any atom is -0.345 e. The molecule has 2 unspecified atom stereocenters. The molecule has 0 spiro atoms. The maximum absolute atomic E-state index is 12.2. The average Bonchev–Trinajstić information content (AvgIpc) is 2.96. The van der Waals surface area contributed by atoms with Gasteiger partial charge in [-0.1, -0.05) is 12.1 Å². The van der Waals surface area contributed by atoms with E-state index in [0.717, 1.165) is 5.56 Å². The first kappa shape index (κ1) is 11.9. The van der Waals surface area contributed by atoms with Gasteiger partial charge in [-0.25, -0.2) is 4.57 Å². The second kappa shape index (κ2) is 4.48. The van der Waals surface area contributed by atoms with Crippen LogP contribution in [-0.4, -0.2) is 20.7 Å². The van der Waals surface area contributed by atoms with Crippen molar-refractivity contribution in [1.29, 1.82) is 10.5 Å². The number of aromatic nitrogens is 3. The fourth-order valence-corrected chi connectivity index (χ4v) is 2.18. The van der Waals surface area contributed by atoms with Crippen molar-refractivity contribution in [1.82, 2.24) is 14.8 Å². The van der Waals surface area contributed by atoms with Gasteiger partial charge in [0, 0.05) is 0 Å². The van der Waals surface area contributed by atoms with E-state index in [-0.39, 0.29) is 5.91 Å². The van der Waals surface area contributed by atoms with Gasteiger partial charge in [0.1, 0.15) is 6.33 Å². The highest BCUT2D eigenvalue weighted by Crippen LogP contribution is 2.31. The van der Waals surface area contributed by atoms with Crippen molar-refractivity contribution in [2.75, 3.05) is 5.32 Å². The van der Waals surface area contributed by atoms with Gasteiger partial charge in [-0.2, -0.15) is 10.5 Å². The fourth-order valence-electron chi connectivity index (χ4n) is 2.18. The highest BCUT2D eigenvalue weighted by Gasteiger charge is 2.37. The lowest BCUT2D eigenvalue weighted by Crippen LogP contribution is -2.36. The standard InChI is InChI=1S/C13H8N6O/c14-5-8-1-3-9(4-2-8)11-10(6-15)12(20)19-7-16-18-13(19)17-11/h1-4,7,10-11H,(H,17,18). The zero-order valence-corrected chi connectivity index (χ0v) is 10.2. The van der Waals surface area contributed by atoms with E-state index in [4.69, 9.17) is 5.26 Å². The lowest BCUT2D eigenvalue weighted by atomic mass is 9.91. The van der Waals surface area contributed by atoms with Crippen molar-refractivity contribution in [3.05, 3.63) is 41.7 Å². The molecule has 1 N–H and O–H groups in total. The predicted molar refractivity (Wildman–Crippen MR) is 67.3 cm³/mol. The van der Waals surface area contributed by atoms with E-state index in [1.807, 2.05) is 12.1 Å². The van der Waals surface area contributed by atoms with Gasteiger partial charge in [-0.15, -0.1) is 10.2 Å². The number of nitrogens with zero attached hydrogens (tertiary/aromatic N) is 5.